The molecule has 2 unspecified atom stereocenters. The standard InChI is InChI=1S/C3H6O.C2H5NO.H3N/c1-3-2-4-3;3-2-1-4-2;/h3H,2H2,1H3;2H,1,3H2;1H3. The Balaban J connectivity index is 0.000000128. The van der Waals surface area contributed by atoms with Crippen LogP contribution in [-0.4, -0.2) is 25.5 Å². The van der Waals surface area contributed by atoms with E-state index in [1.54, 1.807) is 0 Å². The molecule has 0 spiro atoms. The maximum absolute atomic E-state index is 5.00. The minimum absolute atomic E-state index is 0. The molecule has 5 N–H and O–H groups in total. The van der Waals surface area contributed by atoms with Crippen LogP contribution < -0.4 is 11.9 Å². The molecule has 4 nitrogen and oxygen atoms in total. The zero-order valence-electron chi connectivity index (χ0n) is 5.67. The SMILES string of the molecule is CC1CO1.N.NC1CO1. The van der Waals surface area contributed by atoms with E-state index >= 15 is 0 Å². The lowest BCUT2D eigenvalue weighted by atomic mass is 10.6. The first kappa shape index (κ1) is 8.84. The summed E-state index contributed by atoms with van der Waals surface area (Å²) in [7, 11) is 0. The molecule has 2 fully saturated rings. The number of epoxide rings is 2. The second-order valence-electron chi connectivity index (χ2n) is 2.02. The molecule has 0 aromatic heterocycles. The number of hydrogen-bond donors (Lipinski definition) is 2. The summed E-state index contributed by atoms with van der Waals surface area (Å²) in [6.07, 6.45) is 0.667. The zero-order chi connectivity index (χ0) is 5.98. The Morgan fingerprint density at radius 3 is 1.56 bits per heavy atom. The van der Waals surface area contributed by atoms with E-state index in [0.717, 1.165) is 13.2 Å². The fourth-order valence-corrected chi connectivity index (χ4v) is 0.152. The van der Waals surface area contributed by atoms with Crippen LogP contribution in [0.15, 0.2) is 0 Å². The maximum Gasteiger partial charge on any atom is 0.129 e. The van der Waals surface area contributed by atoms with Gasteiger partial charge in [-0.15, -0.1) is 0 Å². The Hall–Kier alpha value is -0.160. The zero-order valence-corrected chi connectivity index (χ0v) is 5.67. The Bertz CT molecular complexity index is 61.4. The molecule has 2 aliphatic heterocycles. The third-order valence-corrected chi connectivity index (χ3v) is 0.859. The summed E-state index contributed by atoms with van der Waals surface area (Å²) >= 11 is 0. The van der Waals surface area contributed by atoms with Gasteiger partial charge in [-0.2, -0.15) is 0 Å². The molecule has 0 aromatic carbocycles. The quantitative estimate of drug-likeness (QED) is 0.452. The lowest BCUT2D eigenvalue weighted by molar-refractivity contribution is 0.415. The Morgan fingerprint density at radius 2 is 1.56 bits per heavy atom. The van der Waals surface area contributed by atoms with E-state index in [9.17, 15) is 0 Å². The molecular formula is C5H14N2O2. The molecule has 2 rings (SSSR count). The monoisotopic (exact) mass is 134 g/mol. The highest BCUT2D eigenvalue weighted by Crippen LogP contribution is 2.04. The molecule has 0 aliphatic carbocycles. The van der Waals surface area contributed by atoms with Crippen LogP contribution in [0.1, 0.15) is 6.92 Å². The van der Waals surface area contributed by atoms with Crippen molar-refractivity contribution in [2.45, 2.75) is 19.3 Å². The van der Waals surface area contributed by atoms with Crippen molar-refractivity contribution in [2.24, 2.45) is 5.73 Å². The number of ether oxygens (including phenoxy) is 2. The predicted octanol–water partition coefficient (Wildman–Crippen LogP) is -0.131. The molecule has 2 saturated heterocycles. The molecule has 2 aliphatic rings. The van der Waals surface area contributed by atoms with Gasteiger partial charge in [0.25, 0.3) is 0 Å². The van der Waals surface area contributed by atoms with Gasteiger partial charge in [0.2, 0.25) is 0 Å². The molecule has 56 valence electrons. The van der Waals surface area contributed by atoms with Gasteiger partial charge in [-0.05, 0) is 6.92 Å². The molecule has 4 heteroatoms. The minimum atomic E-state index is 0. The molecule has 0 aromatic rings. The normalized spacial score (nSPS) is 35.3. The summed E-state index contributed by atoms with van der Waals surface area (Å²) in [5.74, 6) is 0. The first-order valence-corrected chi connectivity index (χ1v) is 2.78. The van der Waals surface area contributed by atoms with Crippen LogP contribution in [-0.2, 0) is 9.47 Å². The van der Waals surface area contributed by atoms with Crippen LogP contribution in [0.3, 0.4) is 0 Å². The highest BCUT2D eigenvalue weighted by Gasteiger charge is 2.14. The van der Waals surface area contributed by atoms with E-state index < -0.39 is 0 Å². The third-order valence-electron chi connectivity index (χ3n) is 0.859. The molecule has 0 radical (unpaired) electrons. The first-order chi connectivity index (χ1) is 3.79. The smallest absolute Gasteiger partial charge is 0.129 e. The van der Waals surface area contributed by atoms with E-state index in [1.807, 2.05) is 0 Å². The van der Waals surface area contributed by atoms with Crippen LogP contribution in [0, 0.1) is 0 Å². The van der Waals surface area contributed by atoms with Gasteiger partial charge in [-0.25, -0.2) is 0 Å². The van der Waals surface area contributed by atoms with Gasteiger partial charge in [-0.3, -0.25) is 0 Å². The lowest BCUT2D eigenvalue weighted by Gasteiger charge is -1.55. The molecule has 0 saturated carbocycles. The Morgan fingerprint density at radius 1 is 1.33 bits per heavy atom. The van der Waals surface area contributed by atoms with Crippen molar-refractivity contribution in [1.29, 1.82) is 0 Å². The van der Waals surface area contributed by atoms with Gasteiger partial charge >= 0.3 is 0 Å². The first-order valence-electron chi connectivity index (χ1n) is 2.78. The van der Waals surface area contributed by atoms with E-state index in [4.69, 9.17) is 10.5 Å². The van der Waals surface area contributed by atoms with Crippen LogP contribution in [0.4, 0.5) is 0 Å². The maximum atomic E-state index is 5.00. The highest BCUT2D eigenvalue weighted by atomic mass is 16.6. The third kappa shape index (κ3) is 7.84. The average Bonchev–Trinajstić information content (AvgIpc) is 2.47. The Kier molecular flexibility index (Phi) is 3.72. The van der Waals surface area contributed by atoms with E-state index in [-0.39, 0.29) is 12.4 Å². The molecule has 0 amide bonds. The van der Waals surface area contributed by atoms with Crippen molar-refractivity contribution < 1.29 is 9.47 Å². The summed E-state index contributed by atoms with van der Waals surface area (Å²) in [6.45, 7) is 3.81. The summed E-state index contributed by atoms with van der Waals surface area (Å²) in [5.41, 5.74) is 5.00. The van der Waals surface area contributed by atoms with Crippen LogP contribution in [0.5, 0.6) is 0 Å². The Labute approximate surface area is 54.9 Å². The van der Waals surface area contributed by atoms with Gasteiger partial charge in [0.15, 0.2) is 0 Å². The van der Waals surface area contributed by atoms with Crippen molar-refractivity contribution >= 4 is 0 Å². The van der Waals surface area contributed by atoms with Gasteiger partial charge < -0.3 is 21.4 Å². The van der Waals surface area contributed by atoms with Crippen LogP contribution in [0.2, 0.25) is 0 Å². The topological polar surface area (TPSA) is 86.1 Å². The van der Waals surface area contributed by atoms with E-state index in [2.05, 4.69) is 11.7 Å². The van der Waals surface area contributed by atoms with Crippen molar-refractivity contribution in [1.82, 2.24) is 6.15 Å². The van der Waals surface area contributed by atoms with E-state index in [0.29, 0.717) is 6.10 Å². The fourth-order valence-electron chi connectivity index (χ4n) is 0.152. The summed E-state index contributed by atoms with van der Waals surface area (Å²) < 4.78 is 9.19. The second kappa shape index (κ2) is 3.79. The predicted molar refractivity (Wildman–Crippen MR) is 34.4 cm³/mol. The number of nitrogens with two attached hydrogens (primary N) is 1. The van der Waals surface area contributed by atoms with Crippen LogP contribution in [0.25, 0.3) is 0 Å². The van der Waals surface area contributed by atoms with Gasteiger partial charge in [-0.1, -0.05) is 0 Å². The van der Waals surface area contributed by atoms with Crippen molar-refractivity contribution in [3.05, 3.63) is 0 Å². The minimum Gasteiger partial charge on any atom is -0.373 e. The molecule has 0 bridgehead atoms. The van der Waals surface area contributed by atoms with Crippen LogP contribution >= 0.6 is 0 Å². The van der Waals surface area contributed by atoms with E-state index in [1.165, 1.54) is 0 Å². The second-order valence-corrected chi connectivity index (χ2v) is 2.02. The molecule has 9 heavy (non-hydrogen) atoms. The molecular weight excluding hydrogens is 120 g/mol. The summed E-state index contributed by atoms with van der Waals surface area (Å²) in [6, 6.07) is 0. The highest BCUT2D eigenvalue weighted by molar-refractivity contribution is 4.58. The largest absolute Gasteiger partial charge is 0.373 e. The summed E-state index contributed by atoms with van der Waals surface area (Å²) in [5, 5.41) is 0. The van der Waals surface area contributed by atoms with Gasteiger partial charge in [0, 0.05) is 0 Å². The van der Waals surface area contributed by atoms with Crippen molar-refractivity contribution in [3.63, 3.8) is 0 Å². The molecule has 2 heterocycles. The molecule has 2 atom stereocenters. The fraction of sp³-hybridized carbons (Fsp3) is 1.00. The number of rotatable bonds is 0. The average molecular weight is 134 g/mol. The summed E-state index contributed by atoms with van der Waals surface area (Å²) in [4.78, 5) is 0. The van der Waals surface area contributed by atoms with Gasteiger partial charge in [0.05, 0.1) is 19.3 Å². The van der Waals surface area contributed by atoms with Crippen molar-refractivity contribution in [3.8, 4) is 0 Å². The lowest BCUT2D eigenvalue weighted by Crippen LogP contribution is -1.97. The van der Waals surface area contributed by atoms with Crippen molar-refractivity contribution in [2.75, 3.05) is 13.2 Å². The van der Waals surface area contributed by atoms with Gasteiger partial charge in [0.1, 0.15) is 6.23 Å². The number of hydrogen-bond acceptors (Lipinski definition) is 4.